The molecule has 0 saturated carbocycles. The van der Waals surface area contributed by atoms with Crippen LogP contribution >= 0.6 is 10.8 Å². The van der Waals surface area contributed by atoms with E-state index in [1.54, 1.807) is 0 Å². The Hall–Kier alpha value is -0.720. The molecule has 0 saturated heterocycles. The number of rotatable bonds is 2. The molecule has 6 heteroatoms. The van der Waals surface area contributed by atoms with Crippen molar-refractivity contribution >= 4 is 25.6 Å². The quantitative estimate of drug-likeness (QED) is 0.438. The molecule has 0 unspecified atom stereocenters. The minimum absolute atomic E-state index is 0.271. The van der Waals surface area contributed by atoms with E-state index in [0.29, 0.717) is 10.6 Å². The zero-order valence-corrected chi connectivity index (χ0v) is 7.56. The normalized spacial score (nSPS) is 11.4. The first-order valence-corrected chi connectivity index (χ1v) is 5.72. The van der Waals surface area contributed by atoms with Gasteiger partial charge in [-0.15, -0.1) is 0 Å². The van der Waals surface area contributed by atoms with Crippen LogP contribution in [0.3, 0.4) is 0 Å². The Bertz CT molecular complexity index is 357. The van der Waals surface area contributed by atoms with E-state index in [1.807, 2.05) is 0 Å². The average molecular weight is 204 g/mol. The molecule has 0 radical (unpaired) electrons. The number of nitrogen functional groups attached to an aromatic ring is 1. The van der Waals surface area contributed by atoms with Crippen LogP contribution in [0.5, 0.6) is 0 Å². The summed E-state index contributed by atoms with van der Waals surface area (Å²) in [6, 6.07) is 6.03. The van der Waals surface area contributed by atoms with Crippen molar-refractivity contribution in [2.75, 3.05) is 5.73 Å². The molecule has 1 aromatic carbocycles. The van der Waals surface area contributed by atoms with Crippen LogP contribution in [0, 0.1) is 0 Å². The molecule has 1 rings (SSSR count). The second kappa shape index (κ2) is 3.34. The molecule has 0 atom stereocenters. The van der Waals surface area contributed by atoms with E-state index in [9.17, 15) is 13.0 Å². The lowest BCUT2D eigenvalue weighted by atomic mass is 10.3. The molecule has 0 aliphatic rings. The molecule has 0 amide bonds. The molecule has 0 spiro atoms. The van der Waals surface area contributed by atoms with Gasteiger partial charge < -0.3 is 10.3 Å². The first-order chi connectivity index (χ1) is 5.47. The van der Waals surface area contributed by atoms with Crippen molar-refractivity contribution in [3.05, 3.63) is 24.3 Å². The highest BCUT2D eigenvalue weighted by Crippen LogP contribution is 2.23. The molecular formula is C6H6NO3S2-. The molecule has 0 bridgehead atoms. The first kappa shape index (κ1) is 9.37. The summed E-state index contributed by atoms with van der Waals surface area (Å²) in [6.07, 6.45) is 0. The molecule has 0 fully saturated rings. The highest BCUT2D eigenvalue weighted by molar-refractivity contribution is 8.69. The summed E-state index contributed by atoms with van der Waals surface area (Å²) in [4.78, 5) is 0.374. The van der Waals surface area contributed by atoms with Crippen molar-refractivity contribution < 1.29 is 13.0 Å². The Labute approximate surface area is 73.9 Å². The van der Waals surface area contributed by atoms with Gasteiger partial charge in [0, 0.05) is 10.6 Å². The van der Waals surface area contributed by atoms with Gasteiger partial charge in [-0.1, -0.05) is 0 Å². The predicted molar refractivity (Wildman–Crippen MR) is 46.4 cm³/mol. The fourth-order valence-corrected chi connectivity index (χ4v) is 2.16. The van der Waals surface area contributed by atoms with Crippen LogP contribution in [0.4, 0.5) is 5.69 Å². The van der Waals surface area contributed by atoms with Crippen molar-refractivity contribution in [3.8, 4) is 0 Å². The predicted octanol–water partition coefficient (Wildman–Crippen LogP) is 0.821. The molecule has 66 valence electrons. The minimum Gasteiger partial charge on any atom is -0.739 e. The van der Waals surface area contributed by atoms with E-state index in [-0.39, 0.29) is 10.8 Å². The Morgan fingerprint density at radius 1 is 1.25 bits per heavy atom. The molecule has 0 heterocycles. The van der Waals surface area contributed by atoms with Crippen LogP contribution in [-0.2, 0) is 9.15 Å². The smallest absolute Gasteiger partial charge is 0.153 e. The minimum atomic E-state index is -4.26. The first-order valence-electron chi connectivity index (χ1n) is 2.98. The third-order valence-corrected chi connectivity index (χ3v) is 2.94. The SMILES string of the molecule is Nc1ccc(SS(=O)(=O)[O-])cc1. The summed E-state index contributed by atoms with van der Waals surface area (Å²) in [6.45, 7) is 0. The van der Waals surface area contributed by atoms with Gasteiger partial charge in [0.25, 0.3) is 0 Å². The fourth-order valence-electron chi connectivity index (χ4n) is 0.641. The van der Waals surface area contributed by atoms with E-state index < -0.39 is 9.15 Å². The third-order valence-electron chi connectivity index (χ3n) is 1.08. The molecule has 2 N–H and O–H groups in total. The lowest BCUT2D eigenvalue weighted by Gasteiger charge is -2.04. The van der Waals surface area contributed by atoms with Crippen LogP contribution in [-0.4, -0.2) is 13.0 Å². The van der Waals surface area contributed by atoms with E-state index in [4.69, 9.17) is 5.73 Å². The third kappa shape index (κ3) is 3.12. The number of anilines is 1. The lowest BCUT2D eigenvalue weighted by molar-refractivity contribution is 0.482. The Morgan fingerprint density at radius 2 is 1.75 bits per heavy atom. The van der Waals surface area contributed by atoms with Gasteiger partial charge in [-0.3, -0.25) is 0 Å². The summed E-state index contributed by atoms with van der Waals surface area (Å²) in [5, 5.41) is 0. The summed E-state index contributed by atoms with van der Waals surface area (Å²) in [7, 11) is -3.99. The van der Waals surface area contributed by atoms with Gasteiger partial charge >= 0.3 is 0 Å². The maximum absolute atomic E-state index is 10.3. The van der Waals surface area contributed by atoms with Crippen LogP contribution in [0.15, 0.2) is 29.2 Å². The van der Waals surface area contributed by atoms with Gasteiger partial charge in [-0.2, -0.15) is 0 Å². The highest BCUT2D eigenvalue weighted by atomic mass is 33.1. The van der Waals surface area contributed by atoms with Crippen LogP contribution < -0.4 is 5.73 Å². The zero-order valence-electron chi connectivity index (χ0n) is 5.93. The summed E-state index contributed by atoms with van der Waals surface area (Å²) in [5.74, 6) is 0. The van der Waals surface area contributed by atoms with Crippen LogP contribution in [0.1, 0.15) is 0 Å². The van der Waals surface area contributed by atoms with Crippen LogP contribution in [0.2, 0.25) is 0 Å². The summed E-state index contributed by atoms with van der Waals surface area (Å²) < 4.78 is 30.8. The van der Waals surface area contributed by atoms with Crippen molar-refractivity contribution in [2.45, 2.75) is 4.90 Å². The topological polar surface area (TPSA) is 83.2 Å². The number of benzene rings is 1. The maximum atomic E-state index is 10.3. The number of nitrogens with two attached hydrogens (primary N) is 1. The van der Waals surface area contributed by atoms with Gasteiger partial charge in [0.15, 0.2) is 9.15 Å². The van der Waals surface area contributed by atoms with Crippen molar-refractivity contribution in [1.29, 1.82) is 0 Å². The van der Waals surface area contributed by atoms with Crippen molar-refractivity contribution in [1.82, 2.24) is 0 Å². The standard InChI is InChI=1S/C6H7NO3S2/c7-5-1-3-6(4-2-5)11-12(8,9)10/h1-4H,7H2,(H,8,9,10)/p-1. The van der Waals surface area contributed by atoms with E-state index in [0.717, 1.165) is 0 Å². The van der Waals surface area contributed by atoms with Gasteiger partial charge in [-0.05, 0) is 35.1 Å². The van der Waals surface area contributed by atoms with Crippen LogP contribution in [0.25, 0.3) is 0 Å². The summed E-state index contributed by atoms with van der Waals surface area (Å²) >= 11 is 0. The zero-order chi connectivity index (χ0) is 9.19. The second-order valence-electron chi connectivity index (χ2n) is 2.06. The van der Waals surface area contributed by atoms with Gasteiger partial charge in [0.2, 0.25) is 0 Å². The van der Waals surface area contributed by atoms with E-state index in [2.05, 4.69) is 0 Å². The van der Waals surface area contributed by atoms with Gasteiger partial charge in [0.05, 0.1) is 0 Å². The Kier molecular flexibility index (Phi) is 2.61. The number of hydrogen-bond acceptors (Lipinski definition) is 5. The summed E-state index contributed by atoms with van der Waals surface area (Å²) in [5.41, 5.74) is 5.88. The number of hydrogen-bond donors (Lipinski definition) is 1. The Morgan fingerprint density at radius 3 is 2.17 bits per heavy atom. The van der Waals surface area contributed by atoms with Gasteiger partial charge in [0.1, 0.15) is 0 Å². The molecule has 0 aromatic heterocycles. The van der Waals surface area contributed by atoms with E-state index in [1.165, 1.54) is 24.3 Å². The van der Waals surface area contributed by atoms with Crippen molar-refractivity contribution in [3.63, 3.8) is 0 Å². The largest absolute Gasteiger partial charge is 0.739 e. The Balaban J connectivity index is 2.85. The molecule has 4 nitrogen and oxygen atoms in total. The maximum Gasteiger partial charge on any atom is 0.153 e. The lowest BCUT2D eigenvalue weighted by Crippen LogP contribution is -1.89. The average Bonchev–Trinajstić information content (AvgIpc) is 1.91. The van der Waals surface area contributed by atoms with Crippen molar-refractivity contribution in [2.24, 2.45) is 0 Å². The molecule has 0 aliphatic heterocycles. The monoisotopic (exact) mass is 204 g/mol. The second-order valence-corrected chi connectivity index (χ2v) is 5.24. The molecule has 0 aliphatic carbocycles. The highest BCUT2D eigenvalue weighted by Gasteiger charge is 1.98. The fraction of sp³-hybridized carbons (Fsp3) is 0. The molecule has 1 aromatic rings. The van der Waals surface area contributed by atoms with Gasteiger partial charge in [-0.25, -0.2) is 8.42 Å². The molecule has 12 heavy (non-hydrogen) atoms. The molecular weight excluding hydrogens is 198 g/mol. The van der Waals surface area contributed by atoms with E-state index >= 15 is 0 Å².